The van der Waals surface area contributed by atoms with Crippen LogP contribution in [-0.4, -0.2) is 51.4 Å². The highest BCUT2D eigenvalue weighted by molar-refractivity contribution is 6.08. The number of hydrogen-bond donors (Lipinski definition) is 1. The zero-order chi connectivity index (χ0) is 22.3. The van der Waals surface area contributed by atoms with Crippen LogP contribution in [0.5, 0.6) is 0 Å². The lowest BCUT2D eigenvalue weighted by molar-refractivity contribution is -0.159. The predicted octanol–water partition coefficient (Wildman–Crippen LogP) is 2.29. The van der Waals surface area contributed by atoms with Crippen molar-refractivity contribution >= 4 is 29.4 Å². The van der Waals surface area contributed by atoms with Gasteiger partial charge in [0, 0.05) is 11.3 Å². The summed E-state index contributed by atoms with van der Waals surface area (Å²) in [5, 5.41) is 0. The molecule has 160 valence electrons. The van der Waals surface area contributed by atoms with E-state index in [2.05, 4.69) is 4.98 Å². The van der Waals surface area contributed by atoms with E-state index in [9.17, 15) is 24.0 Å². The minimum absolute atomic E-state index is 0.166. The van der Waals surface area contributed by atoms with Gasteiger partial charge in [0.25, 0.3) is 0 Å². The summed E-state index contributed by atoms with van der Waals surface area (Å²) in [6, 6.07) is -1.12. The predicted molar refractivity (Wildman–Crippen MR) is 107 cm³/mol. The lowest BCUT2D eigenvalue weighted by Crippen LogP contribution is -2.45. The van der Waals surface area contributed by atoms with Gasteiger partial charge in [-0.15, -0.1) is 0 Å². The summed E-state index contributed by atoms with van der Waals surface area (Å²) in [4.78, 5) is 66.4. The van der Waals surface area contributed by atoms with Gasteiger partial charge in [0.2, 0.25) is 17.6 Å². The van der Waals surface area contributed by atoms with E-state index in [0.717, 1.165) is 4.90 Å². The van der Waals surface area contributed by atoms with Crippen LogP contribution in [-0.2, 0) is 19.1 Å². The number of Topliss-reactive ketones (excluding diaryl/α,β-unsaturated/α-hetero) is 2. The zero-order valence-corrected chi connectivity index (χ0v) is 17.8. The highest BCUT2D eigenvalue weighted by atomic mass is 16.5. The molecule has 0 bridgehead atoms. The Kier molecular flexibility index (Phi) is 5.78. The Hall–Kier alpha value is -3.03. The number of esters is 1. The molecular weight excluding hydrogens is 388 g/mol. The number of likely N-dealkylation sites (tertiary alicyclic amines) is 1. The average molecular weight is 414 g/mol. The molecule has 1 aliphatic carbocycles. The van der Waals surface area contributed by atoms with E-state index in [1.54, 1.807) is 13.8 Å². The van der Waals surface area contributed by atoms with Crippen molar-refractivity contribution in [2.24, 2.45) is 11.8 Å². The molecule has 2 aliphatic rings. The van der Waals surface area contributed by atoms with Gasteiger partial charge in [-0.25, -0.2) is 4.79 Å². The van der Waals surface area contributed by atoms with E-state index in [1.165, 1.54) is 20.8 Å². The van der Waals surface area contributed by atoms with Crippen LogP contribution in [0.25, 0.3) is 0 Å². The maximum absolute atomic E-state index is 12.8. The number of nitrogens with one attached hydrogen (secondary N) is 1. The van der Waals surface area contributed by atoms with E-state index in [0.29, 0.717) is 29.7 Å². The van der Waals surface area contributed by atoms with Crippen LogP contribution in [0.3, 0.4) is 0 Å². The highest BCUT2D eigenvalue weighted by Crippen LogP contribution is 2.36. The molecule has 0 radical (unpaired) electrons. The summed E-state index contributed by atoms with van der Waals surface area (Å²) >= 11 is 0. The first-order valence-corrected chi connectivity index (χ1v) is 10.0. The largest absolute Gasteiger partial charge is 0.453 e. The number of ether oxygens (including phenoxy) is 1. The molecule has 0 spiro atoms. The number of aryl methyl sites for hydroxylation is 1. The van der Waals surface area contributed by atoms with Gasteiger partial charge < -0.3 is 9.72 Å². The quantitative estimate of drug-likeness (QED) is 0.331. The minimum atomic E-state index is -1.15. The summed E-state index contributed by atoms with van der Waals surface area (Å²) in [5.74, 6) is -3.10. The molecule has 0 saturated carbocycles. The van der Waals surface area contributed by atoms with Crippen LogP contribution in [0.15, 0.2) is 12.2 Å². The Morgan fingerprint density at radius 1 is 1.07 bits per heavy atom. The number of hydrogen-bond acceptors (Lipinski definition) is 6. The van der Waals surface area contributed by atoms with Gasteiger partial charge in [-0.3, -0.25) is 24.1 Å². The molecule has 8 nitrogen and oxygen atoms in total. The molecule has 1 N–H and O–H groups in total. The molecule has 3 rings (SSSR count). The Labute approximate surface area is 174 Å². The molecule has 8 heteroatoms. The first-order chi connectivity index (χ1) is 14.1. The maximum atomic E-state index is 12.8. The van der Waals surface area contributed by atoms with Crippen molar-refractivity contribution in [3.05, 3.63) is 34.7 Å². The number of aromatic amines is 1. The van der Waals surface area contributed by atoms with Gasteiger partial charge in [0.1, 0.15) is 6.04 Å². The number of fused-ring (bicyclic) bond motifs is 1. The number of imide groups is 1. The fraction of sp³-hybridized carbons (Fsp3) is 0.500. The number of carbonyl (C=O) groups is 5. The van der Waals surface area contributed by atoms with Crippen LogP contribution < -0.4 is 0 Å². The summed E-state index contributed by atoms with van der Waals surface area (Å²) in [7, 11) is 0. The van der Waals surface area contributed by atoms with Gasteiger partial charge in [-0.2, -0.15) is 0 Å². The van der Waals surface area contributed by atoms with Crippen molar-refractivity contribution in [3.63, 3.8) is 0 Å². The summed E-state index contributed by atoms with van der Waals surface area (Å²) in [6.07, 6.45) is 3.55. The molecule has 2 amide bonds. The van der Waals surface area contributed by atoms with Crippen molar-refractivity contribution in [3.8, 4) is 0 Å². The average Bonchev–Trinajstić information content (AvgIpc) is 3.13. The molecule has 1 saturated heterocycles. The molecule has 0 aromatic carbocycles. The fourth-order valence-electron chi connectivity index (χ4n) is 4.37. The molecule has 30 heavy (non-hydrogen) atoms. The van der Waals surface area contributed by atoms with Crippen molar-refractivity contribution in [1.29, 1.82) is 0 Å². The second-order valence-corrected chi connectivity index (χ2v) is 8.00. The maximum Gasteiger partial charge on any atom is 0.329 e. The third-order valence-corrected chi connectivity index (χ3v) is 5.97. The second-order valence-electron chi connectivity index (χ2n) is 8.00. The lowest BCUT2D eigenvalue weighted by Gasteiger charge is -2.23. The lowest BCUT2D eigenvalue weighted by atomic mass is 9.85. The monoisotopic (exact) mass is 414 g/mol. The molecule has 1 fully saturated rings. The molecule has 1 aliphatic heterocycles. The Bertz CT molecular complexity index is 947. The van der Waals surface area contributed by atoms with E-state index in [1.807, 2.05) is 12.2 Å². The van der Waals surface area contributed by atoms with Gasteiger partial charge >= 0.3 is 5.97 Å². The summed E-state index contributed by atoms with van der Waals surface area (Å²) in [5.41, 5.74) is 1.72. The summed E-state index contributed by atoms with van der Waals surface area (Å²) in [6.45, 7) is 7.62. The van der Waals surface area contributed by atoms with Crippen LogP contribution >= 0.6 is 0 Å². The number of aromatic nitrogens is 1. The third-order valence-electron chi connectivity index (χ3n) is 5.97. The number of allylic oxidation sites excluding steroid dienone is 2. The third kappa shape index (κ3) is 3.51. The number of carbonyl (C=O) groups excluding carboxylic acids is 5. The van der Waals surface area contributed by atoms with Gasteiger partial charge in [0.05, 0.1) is 17.5 Å². The number of rotatable bonds is 6. The van der Waals surface area contributed by atoms with Crippen LogP contribution in [0.2, 0.25) is 0 Å². The molecule has 4 atom stereocenters. The highest BCUT2D eigenvalue weighted by Gasteiger charge is 2.50. The Morgan fingerprint density at radius 3 is 2.07 bits per heavy atom. The van der Waals surface area contributed by atoms with Crippen LogP contribution in [0.4, 0.5) is 0 Å². The van der Waals surface area contributed by atoms with Crippen LogP contribution in [0, 0.1) is 25.7 Å². The van der Waals surface area contributed by atoms with E-state index >= 15 is 0 Å². The Morgan fingerprint density at radius 2 is 1.60 bits per heavy atom. The number of H-pyrrole nitrogens is 1. The molecule has 1 aromatic rings. The molecule has 2 heterocycles. The van der Waals surface area contributed by atoms with Crippen molar-refractivity contribution in [2.75, 3.05) is 0 Å². The van der Waals surface area contributed by atoms with Crippen molar-refractivity contribution < 1.29 is 28.7 Å². The fourth-order valence-corrected chi connectivity index (χ4v) is 4.37. The smallest absolute Gasteiger partial charge is 0.329 e. The van der Waals surface area contributed by atoms with Crippen molar-refractivity contribution in [1.82, 2.24) is 9.88 Å². The molecular formula is C22H26N2O6. The zero-order valence-electron chi connectivity index (χ0n) is 17.8. The Balaban J connectivity index is 1.72. The van der Waals surface area contributed by atoms with E-state index in [-0.39, 0.29) is 23.3 Å². The number of amides is 2. The summed E-state index contributed by atoms with van der Waals surface area (Å²) < 4.78 is 5.30. The van der Waals surface area contributed by atoms with E-state index < -0.39 is 35.7 Å². The van der Waals surface area contributed by atoms with Gasteiger partial charge in [-0.05, 0) is 53.0 Å². The van der Waals surface area contributed by atoms with Crippen molar-refractivity contribution in [2.45, 2.75) is 59.6 Å². The van der Waals surface area contributed by atoms with Gasteiger partial charge in [0.15, 0.2) is 11.9 Å². The molecule has 1 aromatic heterocycles. The second kappa shape index (κ2) is 8.01. The number of ketones is 2. The SMILES string of the molecule is CC(=O)c1c(C)[nH]c(C(=O)[C@H](C)OC(=O)[C@H](C)N2C(=O)[C@H]3CC=CC[C@H]3C2=O)c1C. The first-order valence-electron chi connectivity index (χ1n) is 10.0. The van der Waals surface area contributed by atoms with Gasteiger partial charge in [-0.1, -0.05) is 12.2 Å². The van der Waals surface area contributed by atoms with E-state index in [4.69, 9.17) is 4.74 Å². The van der Waals surface area contributed by atoms with Crippen LogP contribution in [0.1, 0.15) is 65.7 Å². The standard InChI is InChI=1S/C22H26N2O6/c1-10-17(13(4)25)11(2)23-18(10)19(26)14(5)30-22(29)12(3)24-20(27)15-8-6-7-9-16(15)21(24)28/h6-7,12,14-16,23H,8-9H2,1-5H3/t12-,14-,15-,16+/m0/s1. The minimum Gasteiger partial charge on any atom is -0.453 e. The topological polar surface area (TPSA) is 114 Å². The normalized spacial score (nSPS) is 22.6. The first kappa shape index (κ1) is 21.7. The molecule has 0 unspecified atom stereocenters. The number of nitrogens with zero attached hydrogens (tertiary/aromatic N) is 1.